The summed E-state index contributed by atoms with van der Waals surface area (Å²) in [5.41, 5.74) is 1.81. The lowest BCUT2D eigenvalue weighted by molar-refractivity contribution is -0.138. The highest BCUT2D eigenvalue weighted by molar-refractivity contribution is 7.89. The van der Waals surface area contributed by atoms with Gasteiger partial charge in [-0.2, -0.15) is 4.72 Å². The van der Waals surface area contributed by atoms with Crippen LogP contribution >= 0.6 is 0 Å². The molecule has 1 aliphatic heterocycles. The summed E-state index contributed by atoms with van der Waals surface area (Å²) in [6.07, 6.45) is 0.0127. The van der Waals surface area contributed by atoms with Crippen LogP contribution in [-0.2, 0) is 21.2 Å². The number of rotatable bonds is 7. The predicted octanol–water partition coefficient (Wildman–Crippen LogP) is 2.79. The maximum atomic E-state index is 13.2. The molecule has 3 aromatic rings. The summed E-state index contributed by atoms with van der Waals surface area (Å²) in [5, 5.41) is 10.5. The van der Waals surface area contributed by atoms with Crippen LogP contribution in [0.25, 0.3) is 10.8 Å². The smallest absolute Gasteiger partial charge is 0.322 e. The van der Waals surface area contributed by atoms with Crippen molar-refractivity contribution in [1.82, 2.24) is 4.72 Å². The highest BCUT2D eigenvalue weighted by Crippen LogP contribution is 2.39. The SMILES string of the molecule is CCN1C(=O)c2cccc3c(S(=O)(=O)N[C@@H](Cc4ccccc4)C(=O)O)ccc1c23. The zero-order valence-electron chi connectivity index (χ0n) is 16.2. The maximum absolute atomic E-state index is 13.2. The monoisotopic (exact) mass is 424 g/mol. The number of nitrogens with one attached hydrogen (secondary N) is 1. The van der Waals surface area contributed by atoms with Gasteiger partial charge in [-0.3, -0.25) is 9.59 Å². The topological polar surface area (TPSA) is 104 Å². The first-order chi connectivity index (χ1) is 14.3. The number of nitrogens with zero attached hydrogens (tertiary/aromatic N) is 1. The molecule has 8 heteroatoms. The van der Waals surface area contributed by atoms with Gasteiger partial charge in [-0.1, -0.05) is 42.5 Å². The molecule has 0 fully saturated rings. The second-order valence-corrected chi connectivity index (χ2v) is 8.74. The van der Waals surface area contributed by atoms with E-state index in [4.69, 9.17) is 0 Å². The second-order valence-electron chi connectivity index (χ2n) is 7.06. The summed E-state index contributed by atoms with van der Waals surface area (Å²) >= 11 is 0. The molecule has 1 amide bonds. The van der Waals surface area contributed by atoms with Gasteiger partial charge in [0.1, 0.15) is 6.04 Å². The first-order valence-electron chi connectivity index (χ1n) is 9.50. The van der Waals surface area contributed by atoms with Crippen molar-refractivity contribution in [3.8, 4) is 0 Å². The van der Waals surface area contributed by atoms with E-state index in [-0.39, 0.29) is 17.2 Å². The molecule has 0 aromatic heterocycles. The van der Waals surface area contributed by atoms with E-state index in [1.54, 1.807) is 59.5 Å². The molecule has 2 N–H and O–H groups in total. The Morgan fingerprint density at radius 1 is 1.07 bits per heavy atom. The number of anilines is 1. The number of hydrogen-bond donors (Lipinski definition) is 2. The number of carbonyl (C=O) groups is 2. The minimum absolute atomic E-state index is 0.0127. The number of aliphatic carboxylic acids is 1. The number of amides is 1. The minimum atomic E-state index is -4.16. The Kier molecular flexibility index (Phi) is 5.05. The molecule has 0 aliphatic carbocycles. The van der Waals surface area contributed by atoms with Crippen molar-refractivity contribution >= 4 is 38.4 Å². The fourth-order valence-electron chi connectivity index (χ4n) is 3.85. The largest absolute Gasteiger partial charge is 0.480 e. The number of carboxylic acids is 1. The summed E-state index contributed by atoms with van der Waals surface area (Å²) in [6.45, 7) is 2.31. The Balaban J connectivity index is 1.76. The normalized spacial score (nSPS) is 14.3. The van der Waals surface area contributed by atoms with Gasteiger partial charge < -0.3 is 10.0 Å². The van der Waals surface area contributed by atoms with E-state index < -0.39 is 22.0 Å². The zero-order chi connectivity index (χ0) is 21.5. The summed E-state index contributed by atoms with van der Waals surface area (Å²) in [5.74, 6) is -1.44. The lowest BCUT2D eigenvalue weighted by Crippen LogP contribution is -2.42. The van der Waals surface area contributed by atoms with Crippen molar-refractivity contribution in [3.63, 3.8) is 0 Å². The molecule has 1 aliphatic rings. The van der Waals surface area contributed by atoms with Gasteiger partial charge in [-0.15, -0.1) is 0 Å². The molecule has 0 saturated carbocycles. The van der Waals surface area contributed by atoms with E-state index in [1.165, 1.54) is 6.07 Å². The summed E-state index contributed by atoms with van der Waals surface area (Å²) in [4.78, 5) is 25.9. The Morgan fingerprint density at radius 3 is 2.47 bits per heavy atom. The quantitative estimate of drug-likeness (QED) is 0.607. The van der Waals surface area contributed by atoms with Gasteiger partial charge in [-0.05, 0) is 37.1 Å². The van der Waals surface area contributed by atoms with Gasteiger partial charge in [0.2, 0.25) is 10.0 Å². The van der Waals surface area contributed by atoms with Crippen LogP contribution in [0.2, 0.25) is 0 Å². The van der Waals surface area contributed by atoms with Crippen molar-refractivity contribution in [3.05, 3.63) is 71.8 Å². The molecular formula is C22H20N2O5S. The van der Waals surface area contributed by atoms with E-state index in [0.29, 0.717) is 34.1 Å². The van der Waals surface area contributed by atoms with Crippen LogP contribution in [0.1, 0.15) is 22.8 Å². The summed E-state index contributed by atoms with van der Waals surface area (Å²) in [6, 6.07) is 15.5. The highest BCUT2D eigenvalue weighted by Gasteiger charge is 2.33. The molecule has 1 atom stereocenters. The Labute approximate surface area is 174 Å². The van der Waals surface area contributed by atoms with Gasteiger partial charge in [0.25, 0.3) is 5.91 Å². The molecule has 0 saturated heterocycles. The van der Waals surface area contributed by atoms with Crippen LogP contribution in [0.15, 0.2) is 65.6 Å². The average molecular weight is 424 g/mol. The Hall–Kier alpha value is -3.23. The predicted molar refractivity (Wildman–Crippen MR) is 113 cm³/mol. The lowest BCUT2D eigenvalue weighted by atomic mass is 10.1. The molecule has 0 bridgehead atoms. The van der Waals surface area contributed by atoms with Gasteiger partial charge in [-0.25, -0.2) is 8.42 Å². The van der Waals surface area contributed by atoms with Gasteiger partial charge in [0.05, 0.1) is 10.6 Å². The molecule has 7 nitrogen and oxygen atoms in total. The molecule has 0 spiro atoms. The third kappa shape index (κ3) is 3.34. The zero-order valence-corrected chi connectivity index (χ0v) is 17.0. The van der Waals surface area contributed by atoms with Gasteiger partial charge in [0.15, 0.2) is 0 Å². The fraction of sp³-hybridized carbons (Fsp3) is 0.182. The summed E-state index contributed by atoms with van der Waals surface area (Å²) in [7, 11) is -4.16. The number of sulfonamides is 1. The van der Waals surface area contributed by atoms with Crippen molar-refractivity contribution in [2.45, 2.75) is 24.3 Å². The van der Waals surface area contributed by atoms with Crippen molar-refractivity contribution in [2.75, 3.05) is 11.4 Å². The third-order valence-electron chi connectivity index (χ3n) is 5.23. The van der Waals surface area contributed by atoms with Gasteiger partial charge >= 0.3 is 5.97 Å². The van der Waals surface area contributed by atoms with Crippen molar-refractivity contribution < 1.29 is 23.1 Å². The molecule has 4 rings (SSSR count). The number of hydrogen-bond acceptors (Lipinski definition) is 4. The van der Waals surface area contributed by atoms with E-state index in [2.05, 4.69) is 4.72 Å². The molecule has 3 aromatic carbocycles. The van der Waals surface area contributed by atoms with Crippen LogP contribution in [0.4, 0.5) is 5.69 Å². The second kappa shape index (κ2) is 7.55. The minimum Gasteiger partial charge on any atom is -0.480 e. The molecule has 30 heavy (non-hydrogen) atoms. The molecule has 0 radical (unpaired) electrons. The van der Waals surface area contributed by atoms with Crippen LogP contribution < -0.4 is 9.62 Å². The van der Waals surface area contributed by atoms with E-state index in [9.17, 15) is 23.1 Å². The third-order valence-corrected chi connectivity index (χ3v) is 6.76. The van der Waals surface area contributed by atoms with E-state index in [1.807, 2.05) is 6.92 Å². The van der Waals surface area contributed by atoms with Crippen molar-refractivity contribution in [2.24, 2.45) is 0 Å². The molecular weight excluding hydrogens is 404 g/mol. The first-order valence-corrected chi connectivity index (χ1v) is 11.0. The number of benzene rings is 3. The average Bonchev–Trinajstić information content (AvgIpc) is 3.01. The summed E-state index contributed by atoms with van der Waals surface area (Å²) < 4.78 is 28.6. The lowest BCUT2D eigenvalue weighted by Gasteiger charge is -2.17. The highest BCUT2D eigenvalue weighted by atomic mass is 32.2. The van der Waals surface area contributed by atoms with E-state index in [0.717, 1.165) is 0 Å². The van der Waals surface area contributed by atoms with Crippen molar-refractivity contribution in [1.29, 1.82) is 0 Å². The first kappa shape index (κ1) is 20.1. The van der Waals surface area contributed by atoms with Gasteiger partial charge in [0, 0.05) is 22.9 Å². The van der Waals surface area contributed by atoms with Crippen LogP contribution in [0, 0.1) is 0 Å². The Morgan fingerprint density at radius 2 is 1.80 bits per heavy atom. The molecule has 154 valence electrons. The number of carbonyl (C=O) groups excluding carboxylic acids is 1. The maximum Gasteiger partial charge on any atom is 0.322 e. The van der Waals surface area contributed by atoms with E-state index >= 15 is 0 Å². The standard InChI is InChI=1S/C22H20N2O5S/c1-2-24-18-11-12-19(15-9-6-10-16(20(15)18)21(24)25)30(28,29)23-17(22(26)27)13-14-7-4-3-5-8-14/h3-12,17,23H,2,13H2,1H3,(H,26,27)/t17-/m0/s1. The Bertz CT molecular complexity index is 1260. The number of carboxylic acid groups (broad SMARTS) is 1. The van der Waals surface area contributed by atoms with Crippen LogP contribution in [0.3, 0.4) is 0 Å². The van der Waals surface area contributed by atoms with Crippen LogP contribution in [-0.4, -0.2) is 38.0 Å². The molecule has 1 heterocycles. The molecule has 0 unspecified atom stereocenters. The fourth-order valence-corrected chi connectivity index (χ4v) is 5.24. The van der Waals surface area contributed by atoms with Crippen LogP contribution in [0.5, 0.6) is 0 Å².